The van der Waals surface area contributed by atoms with Crippen LogP contribution in [0.25, 0.3) is 0 Å². The molecular formula is C13H16O3. The Bertz CT molecular complexity index is 373. The van der Waals surface area contributed by atoms with Crippen LogP contribution in [0.3, 0.4) is 0 Å². The Morgan fingerprint density at radius 3 is 3.12 bits per heavy atom. The third kappa shape index (κ3) is 2.25. The van der Waals surface area contributed by atoms with Gasteiger partial charge in [0.15, 0.2) is 0 Å². The Morgan fingerprint density at radius 2 is 2.31 bits per heavy atom. The maximum absolute atomic E-state index is 11.9. The summed E-state index contributed by atoms with van der Waals surface area (Å²) in [5.74, 6) is 1.03. The van der Waals surface area contributed by atoms with Crippen LogP contribution in [0.5, 0.6) is 5.75 Å². The molecule has 1 aromatic carbocycles. The van der Waals surface area contributed by atoms with Crippen molar-refractivity contribution in [1.82, 2.24) is 0 Å². The third-order valence-electron chi connectivity index (χ3n) is 2.86. The molecule has 0 aliphatic carbocycles. The van der Waals surface area contributed by atoms with E-state index in [1.165, 1.54) is 0 Å². The van der Waals surface area contributed by atoms with Crippen molar-refractivity contribution in [2.75, 3.05) is 20.3 Å². The number of hydrogen-bond donors (Lipinski definition) is 0. The first-order valence-electron chi connectivity index (χ1n) is 5.56. The maximum Gasteiger partial charge on any atom is 0.143 e. The normalized spacial score (nSPS) is 17.9. The molecule has 0 spiro atoms. The van der Waals surface area contributed by atoms with E-state index in [4.69, 9.17) is 9.47 Å². The van der Waals surface area contributed by atoms with Crippen molar-refractivity contribution in [1.29, 1.82) is 0 Å². The van der Waals surface area contributed by atoms with E-state index in [0.717, 1.165) is 17.7 Å². The first-order valence-corrected chi connectivity index (χ1v) is 5.56. The van der Waals surface area contributed by atoms with Crippen LogP contribution < -0.4 is 4.74 Å². The van der Waals surface area contributed by atoms with E-state index < -0.39 is 0 Å². The minimum Gasteiger partial charge on any atom is -0.492 e. The van der Waals surface area contributed by atoms with Crippen molar-refractivity contribution < 1.29 is 14.3 Å². The van der Waals surface area contributed by atoms with Crippen LogP contribution in [0, 0.1) is 0 Å². The summed E-state index contributed by atoms with van der Waals surface area (Å²) in [6.07, 6.45) is 1.35. The highest BCUT2D eigenvalue weighted by Crippen LogP contribution is 2.34. The molecule has 0 N–H and O–H groups in total. The molecule has 3 nitrogen and oxygen atoms in total. The van der Waals surface area contributed by atoms with Gasteiger partial charge in [0.1, 0.15) is 18.1 Å². The zero-order valence-electron chi connectivity index (χ0n) is 9.44. The van der Waals surface area contributed by atoms with Crippen LogP contribution in [0.15, 0.2) is 24.3 Å². The fraction of sp³-hybridized carbons (Fsp3) is 0.462. The summed E-state index contributed by atoms with van der Waals surface area (Å²) in [5, 5.41) is 0. The second-order valence-corrected chi connectivity index (χ2v) is 3.96. The lowest BCUT2D eigenvalue weighted by molar-refractivity contribution is -0.121. The van der Waals surface area contributed by atoms with E-state index in [1.54, 1.807) is 7.11 Å². The first kappa shape index (κ1) is 11.1. The summed E-state index contributed by atoms with van der Waals surface area (Å²) in [7, 11) is 1.65. The fourth-order valence-corrected chi connectivity index (χ4v) is 1.99. The molecule has 86 valence electrons. The van der Waals surface area contributed by atoms with Crippen LogP contribution >= 0.6 is 0 Å². The fourth-order valence-electron chi connectivity index (χ4n) is 1.99. The van der Waals surface area contributed by atoms with Crippen molar-refractivity contribution >= 4 is 5.78 Å². The molecular weight excluding hydrogens is 204 g/mol. The van der Waals surface area contributed by atoms with E-state index in [1.807, 2.05) is 24.3 Å². The summed E-state index contributed by atoms with van der Waals surface area (Å²) in [4.78, 5) is 11.9. The van der Waals surface area contributed by atoms with Crippen molar-refractivity contribution in [3.63, 3.8) is 0 Å². The van der Waals surface area contributed by atoms with Gasteiger partial charge >= 0.3 is 0 Å². The van der Waals surface area contributed by atoms with Gasteiger partial charge in [-0.3, -0.25) is 4.79 Å². The SMILES string of the molecule is COCCCC(=O)C1COc2ccccc21. The maximum atomic E-state index is 11.9. The average molecular weight is 220 g/mol. The van der Waals surface area contributed by atoms with Crippen LogP contribution in [-0.4, -0.2) is 26.1 Å². The molecule has 0 fully saturated rings. The largest absolute Gasteiger partial charge is 0.492 e. The van der Waals surface area contributed by atoms with Crippen molar-refractivity contribution in [3.8, 4) is 5.75 Å². The molecule has 1 atom stereocenters. The average Bonchev–Trinajstić information content (AvgIpc) is 2.73. The summed E-state index contributed by atoms with van der Waals surface area (Å²) >= 11 is 0. The number of ketones is 1. The molecule has 0 bridgehead atoms. The predicted molar refractivity (Wildman–Crippen MR) is 60.8 cm³/mol. The molecule has 16 heavy (non-hydrogen) atoms. The van der Waals surface area contributed by atoms with Crippen molar-refractivity contribution in [2.45, 2.75) is 18.8 Å². The van der Waals surface area contributed by atoms with Crippen LogP contribution in [0.1, 0.15) is 24.3 Å². The Morgan fingerprint density at radius 1 is 1.50 bits per heavy atom. The second kappa shape index (κ2) is 5.12. The number of Topliss-reactive ketones (excluding diaryl/α,β-unsaturated/α-hetero) is 1. The second-order valence-electron chi connectivity index (χ2n) is 3.96. The lowest BCUT2D eigenvalue weighted by atomic mass is 9.94. The van der Waals surface area contributed by atoms with Crippen LogP contribution in [0.2, 0.25) is 0 Å². The standard InChI is InChI=1S/C13H16O3/c1-15-8-4-6-12(14)11-9-16-13-7-3-2-5-10(11)13/h2-3,5,7,11H,4,6,8-9H2,1H3. The third-order valence-corrected chi connectivity index (χ3v) is 2.86. The lowest BCUT2D eigenvalue weighted by Gasteiger charge is -2.07. The van der Waals surface area contributed by atoms with E-state index in [2.05, 4.69) is 0 Å². The molecule has 0 saturated carbocycles. The monoisotopic (exact) mass is 220 g/mol. The highest BCUT2D eigenvalue weighted by molar-refractivity contribution is 5.87. The molecule has 3 heteroatoms. The number of ether oxygens (including phenoxy) is 2. The van der Waals surface area contributed by atoms with Gasteiger partial charge in [-0.2, -0.15) is 0 Å². The molecule has 0 aromatic heterocycles. The summed E-state index contributed by atoms with van der Waals surface area (Å²) < 4.78 is 10.4. The van der Waals surface area contributed by atoms with E-state index in [0.29, 0.717) is 19.6 Å². The van der Waals surface area contributed by atoms with E-state index in [9.17, 15) is 4.79 Å². The number of carbonyl (C=O) groups is 1. The number of carbonyl (C=O) groups excluding carboxylic acids is 1. The van der Waals surface area contributed by atoms with Gasteiger partial charge in [0, 0.05) is 25.7 Å². The minimum atomic E-state index is -0.0759. The van der Waals surface area contributed by atoms with E-state index in [-0.39, 0.29) is 11.7 Å². The number of para-hydroxylation sites is 1. The molecule has 0 amide bonds. The first-order chi connectivity index (χ1) is 7.83. The Hall–Kier alpha value is -1.35. The van der Waals surface area contributed by atoms with E-state index >= 15 is 0 Å². The van der Waals surface area contributed by atoms with Gasteiger partial charge in [-0.1, -0.05) is 18.2 Å². The smallest absolute Gasteiger partial charge is 0.143 e. The molecule has 0 saturated heterocycles. The van der Waals surface area contributed by atoms with Gasteiger partial charge in [0.25, 0.3) is 0 Å². The number of rotatable bonds is 5. The number of hydrogen-bond acceptors (Lipinski definition) is 3. The zero-order chi connectivity index (χ0) is 11.4. The van der Waals surface area contributed by atoms with Crippen molar-refractivity contribution in [2.24, 2.45) is 0 Å². The molecule has 1 aliphatic heterocycles. The lowest BCUT2D eigenvalue weighted by Crippen LogP contribution is -2.14. The van der Waals surface area contributed by atoms with Gasteiger partial charge in [-0.15, -0.1) is 0 Å². The summed E-state index contributed by atoms with van der Waals surface area (Å²) in [5.41, 5.74) is 1.03. The van der Waals surface area contributed by atoms with Crippen LogP contribution in [0.4, 0.5) is 0 Å². The quantitative estimate of drug-likeness (QED) is 0.713. The zero-order valence-corrected chi connectivity index (χ0v) is 9.44. The molecule has 1 unspecified atom stereocenters. The minimum absolute atomic E-state index is 0.0759. The number of benzene rings is 1. The topological polar surface area (TPSA) is 35.5 Å². The Labute approximate surface area is 95.4 Å². The highest BCUT2D eigenvalue weighted by atomic mass is 16.5. The number of fused-ring (bicyclic) bond motifs is 1. The summed E-state index contributed by atoms with van der Waals surface area (Å²) in [6.45, 7) is 1.13. The van der Waals surface area contributed by atoms with Gasteiger partial charge in [-0.05, 0) is 12.5 Å². The predicted octanol–water partition coefficient (Wildman–Crippen LogP) is 2.16. The van der Waals surface area contributed by atoms with Crippen LogP contribution in [-0.2, 0) is 9.53 Å². The highest BCUT2D eigenvalue weighted by Gasteiger charge is 2.29. The molecule has 2 rings (SSSR count). The molecule has 1 aliphatic rings. The summed E-state index contributed by atoms with van der Waals surface area (Å²) in [6, 6.07) is 7.76. The molecule has 0 radical (unpaired) electrons. The Balaban J connectivity index is 1.99. The van der Waals surface area contributed by atoms with Gasteiger partial charge in [0.2, 0.25) is 0 Å². The Kier molecular flexibility index (Phi) is 3.57. The van der Waals surface area contributed by atoms with Crippen molar-refractivity contribution in [3.05, 3.63) is 29.8 Å². The van der Waals surface area contributed by atoms with Gasteiger partial charge in [0.05, 0.1) is 5.92 Å². The molecule has 1 heterocycles. The van der Waals surface area contributed by atoms with Gasteiger partial charge in [-0.25, -0.2) is 0 Å². The molecule has 1 aromatic rings. The number of methoxy groups -OCH3 is 1. The van der Waals surface area contributed by atoms with Gasteiger partial charge < -0.3 is 9.47 Å².